The predicted octanol–water partition coefficient (Wildman–Crippen LogP) is 3.48. The molecule has 0 aliphatic carbocycles. The van der Waals surface area contributed by atoms with Gasteiger partial charge >= 0.3 is 0 Å². The number of piperidine rings is 1. The monoisotopic (exact) mass is 432 g/mol. The van der Waals surface area contributed by atoms with Gasteiger partial charge in [0.05, 0.1) is 17.6 Å². The summed E-state index contributed by atoms with van der Waals surface area (Å²) in [6.07, 6.45) is 8.77. The summed E-state index contributed by atoms with van der Waals surface area (Å²) in [6.45, 7) is 8.32. The molecule has 1 fully saturated rings. The van der Waals surface area contributed by atoms with Gasteiger partial charge in [0.1, 0.15) is 5.69 Å². The Kier molecular flexibility index (Phi) is 10.5. The van der Waals surface area contributed by atoms with Crippen LogP contribution in [0.1, 0.15) is 51.0 Å². The van der Waals surface area contributed by atoms with Gasteiger partial charge in [-0.2, -0.15) is 0 Å². The van der Waals surface area contributed by atoms with Crippen LogP contribution in [0.3, 0.4) is 0 Å². The van der Waals surface area contributed by atoms with E-state index in [-0.39, 0.29) is 29.4 Å². The van der Waals surface area contributed by atoms with E-state index in [0.717, 1.165) is 45.2 Å². The van der Waals surface area contributed by atoms with Crippen LogP contribution >= 0.6 is 0 Å². The van der Waals surface area contributed by atoms with Crippen LogP contribution in [0.2, 0.25) is 0 Å². The maximum Gasteiger partial charge on any atom is 0.292 e. The van der Waals surface area contributed by atoms with Crippen LogP contribution in [0.25, 0.3) is 5.70 Å². The van der Waals surface area contributed by atoms with E-state index < -0.39 is 0 Å². The number of nitro groups is 1. The second kappa shape index (κ2) is 13.1. The highest BCUT2D eigenvalue weighted by Gasteiger charge is 2.26. The number of likely N-dealkylation sites (tertiary alicyclic amines) is 1. The highest BCUT2D eigenvalue weighted by molar-refractivity contribution is 5.71. The van der Waals surface area contributed by atoms with E-state index in [1.165, 1.54) is 6.07 Å². The highest BCUT2D eigenvalue weighted by Crippen LogP contribution is 2.27. The van der Waals surface area contributed by atoms with Gasteiger partial charge in [-0.05, 0) is 51.4 Å². The van der Waals surface area contributed by atoms with E-state index in [9.17, 15) is 20.3 Å². The SMILES string of the molecule is C=C(N/C=C\C)c1ccc(NCCCCCCN2CC[C@@H](O)C[C@H]2CO)c([N+](=O)[O-])c1. The van der Waals surface area contributed by atoms with Crippen molar-refractivity contribution in [2.75, 3.05) is 31.6 Å². The molecule has 4 N–H and O–H groups in total. The number of rotatable bonds is 13. The zero-order chi connectivity index (χ0) is 22.6. The number of nitrogens with one attached hydrogen (secondary N) is 2. The molecule has 8 nitrogen and oxygen atoms in total. The molecule has 0 amide bonds. The van der Waals surface area contributed by atoms with Gasteiger partial charge in [-0.3, -0.25) is 15.0 Å². The average Bonchev–Trinajstić information content (AvgIpc) is 2.77. The first-order chi connectivity index (χ1) is 15.0. The van der Waals surface area contributed by atoms with Crippen LogP contribution in [-0.4, -0.2) is 58.4 Å². The summed E-state index contributed by atoms with van der Waals surface area (Å²) in [7, 11) is 0. The van der Waals surface area contributed by atoms with Gasteiger partial charge in [0.25, 0.3) is 5.69 Å². The van der Waals surface area contributed by atoms with Gasteiger partial charge in [-0.25, -0.2) is 0 Å². The quantitative estimate of drug-likeness (QED) is 0.214. The summed E-state index contributed by atoms with van der Waals surface area (Å²) in [6, 6.07) is 5.16. The predicted molar refractivity (Wildman–Crippen MR) is 125 cm³/mol. The smallest absolute Gasteiger partial charge is 0.292 e. The summed E-state index contributed by atoms with van der Waals surface area (Å²) < 4.78 is 0. The van der Waals surface area contributed by atoms with Crippen molar-refractivity contribution < 1.29 is 15.1 Å². The number of allylic oxidation sites excluding steroid dienone is 1. The zero-order valence-electron chi connectivity index (χ0n) is 18.4. The Morgan fingerprint density at radius 2 is 2.13 bits per heavy atom. The van der Waals surface area contributed by atoms with Crippen molar-refractivity contribution >= 4 is 17.1 Å². The van der Waals surface area contributed by atoms with Gasteiger partial charge < -0.3 is 20.8 Å². The molecule has 0 bridgehead atoms. The van der Waals surface area contributed by atoms with Crippen molar-refractivity contribution in [3.05, 3.63) is 52.7 Å². The fourth-order valence-electron chi connectivity index (χ4n) is 3.87. The molecule has 172 valence electrons. The number of unbranched alkanes of at least 4 members (excludes halogenated alkanes) is 3. The van der Waals surface area contributed by atoms with Crippen molar-refractivity contribution in [1.82, 2.24) is 10.2 Å². The van der Waals surface area contributed by atoms with Crippen molar-refractivity contribution in [1.29, 1.82) is 0 Å². The van der Waals surface area contributed by atoms with E-state index >= 15 is 0 Å². The molecule has 1 aliphatic rings. The summed E-state index contributed by atoms with van der Waals surface area (Å²) in [5, 5.41) is 36.9. The minimum Gasteiger partial charge on any atom is -0.395 e. The lowest BCUT2D eigenvalue weighted by molar-refractivity contribution is -0.384. The maximum atomic E-state index is 11.5. The third kappa shape index (κ3) is 7.97. The minimum atomic E-state index is -0.373. The normalized spacial score (nSPS) is 19.5. The molecule has 2 rings (SSSR count). The molecule has 0 aromatic heterocycles. The Hall–Kier alpha value is -2.42. The average molecular weight is 433 g/mol. The van der Waals surface area contributed by atoms with Gasteiger partial charge in [0.2, 0.25) is 0 Å². The Bertz CT molecular complexity index is 753. The maximum absolute atomic E-state index is 11.5. The summed E-state index contributed by atoms with van der Waals surface area (Å²) in [5.74, 6) is 0. The van der Waals surface area contributed by atoms with Crippen LogP contribution in [0, 0.1) is 10.1 Å². The third-order valence-electron chi connectivity index (χ3n) is 5.68. The second-order valence-electron chi connectivity index (χ2n) is 8.00. The lowest BCUT2D eigenvalue weighted by Gasteiger charge is -2.36. The van der Waals surface area contributed by atoms with Crippen molar-refractivity contribution in [3.8, 4) is 0 Å². The van der Waals surface area contributed by atoms with Gasteiger partial charge in [-0.1, -0.05) is 31.6 Å². The number of anilines is 1. The van der Waals surface area contributed by atoms with Gasteiger partial charge in [0.15, 0.2) is 0 Å². The van der Waals surface area contributed by atoms with Crippen LogP contribution < -0.4 is 10.6 Å². The third-order valence-corrected chi connectivity index (χ3v) is 5.68. The Morgan fingerprint density at radius 1 is 1.35 bits per heavy atom. The molecule has 1 aliphatic heterocycles. The Balaban J connectivity index is 1.73. The van der Waals surface area contributed by atoms with Crippen LogP contribution in [0.15, 0.2) is 37.1 Å². The summed E-state index contributed by atoms with van der Waals surface area (Å²) in [5.41, 5.74) is 1.86. The van der Waals surface area contributed by atoms with Crippen molar-refractivity contribution in [2.24, 2.45) is 0 Å². The van der Waals surface area contributed by atoms with E-state index in [1.54, 1.807) is 12.3 Å². The fourth-order valence-corrected chi connectivity index (χ4v) is 3.87. The molecule has 1 aromatic carbocycles. The van der Waals surface area contributed by atoms with Crippen molar-refractivity contribution in [3.63, 3.8) is 0 Å². The standard InChI is InChI=1S/C23H36N4O4/c1-3-11-24-18(2)19-8-9-22(23(15-19)27(30)31)25-12-6-4-5-7-13-26-14-10-21(29)16-20(26)17-28/h3,8-9,11,15,20-21,24-25,28-29H,2,4-7,10,12-14,16-17H2,1H3/b11-3-/t20-,21+/m0/s1. The zero-order valence-corrected chi connectivity index (χ0v) is 18.4. The van der Waals surface area contributed by atoms with Crippen LogP contribution in [0.5, 0.6) is 0 Å². The number of nitrogens with zero attached hydrogens (tertiary/aromatic N) is 2. The van der Waals surface area contributed by atoms with Crippen LogP contribution in [0.4, 0.5) is 11.4 Å². The molecule has 0 radical (unpaired) electrons. The highest BCUT2D eigenvalue weighted by atomic mass is 16.6. The second-order valence-corrected chi connectivity index (χ2v) is 8.00. The molecule has 1 saturated heterocycles. The molecule has 1 aromatic rings. The number of nitro benzene ring substituents is 1. The van der Waals surface area contributed by atoms with E-state index in [1.807, 2.05) is 19.1 Å². The molecular weight excluding hydrogens is 396 g/mol. The van der Waals surface area contributed by atoms with Crippen LogP contribution in [-0.2, 0) is 0 Å². The van der Waals surface area contributed by atoms with E-state index in [2.05, 4.69) is 22.1 Å². The molecule has 0 saturated carbocycles. The topological polar surface area (TPSA) is 111 Å². The molecule has 8 heteroatoms. The number of hydrogen-bond donors (Lipinski definition) is 4. The molecular formula is C23H36N4O4. The first-order valence-electron chi connectivity index (χ1n) is 11.1. The number of hydrogen-bond acceptors (Lipinski definition) is 7. The van der Waals surface area contributed by atoms with Gasteiger partial charge in [-0.15, -0.1) is 0 Å². The number of aliphatic hydroxyl groups excluding tert-OH is 2. The molecule has 1 heterocycles. The number of benzene rings is 1. The molecule has 0 spiro atoms. The number of aliphatic hydroxyl groups is 2. The van der Waals surface area contributed by atoms with Crippen molar-refractivity contribution in [2.45, 2.75) is 57.6 Å². The Morgan fingerprint density at radius 3 is 2.84 bits per heavy atom. The molecule has 31 heavy (non-hydrogen) atoms. The fraction of sp³-hybridized carbons (Fsp3) is 0.565. The lowest BCUT2D eigenvalue weighted by atomic mass is 9.99. The Labute approximate surface area is 184 Å². The minimum absolute atomic E-state index is 0.0447. The van der Waals surface area contributed by atoms with Gasteiger partial charge in [0, 0.05) is 36.5 Å². The summed E-state index contributed by atoms with van der Waals surface area (Å²) in [4.78, 5) is 13.4. The largest absolute Gasteiger partial charge is 0.395 e. The summed E-state index contributed by atoms with van der Waals surface area (Å²) >= 11 is 0. The van der Waals surface area contributed by atoms with E-state index in [0.29, 0.717) is 29.9 Å². The molecule has 2 atom stereocenters. The first-order valence-corrected chi connectivity index (χ1v) is 11.1. The van der Waals surface area contributed by atoms with E-state index in [4.69, 9.17) is 0 Å². The lowest BCUT2D eigenvalue weighted by Crippen LogP contribution is -2.46. The molecule has 0 unspecified atom stereocenters. The first kappa shape index (κ1) is 24.8.